The lowest BCUT2D eigenvalue weighted by atomic mass is 10.1. The lowest BCUT2D eigenvalue weighted by Gasteiger charge is -2.21. The molecule has 2 heterocycles. The van der Waals surface area contributed by atoms with E-state index in [9.17, 15) is 18.0 Å². The highest BCUT2D eigenvalue weighted by atomic mass is 32.2. The standard InChI is InChI=1S/C22H18N2O6S/c1-13-20(22(26)29-3)17-12-16(9-10-18(17)30-13)24(14(2)25)31(27,28)19-8-4-6-15-7-5-11-23-21(15)19/h4-12H,1-3H3. The van der Waals surface area contributed by atoms with Gasteiger partial charge in [-0.25, -0.2) is 17.5 Å². The molecule has 0 aliphatic heterocycles. The first-order chi connectivity index (χ1) is 14.8. The van der Waals surface area contributed by atoms with Gasteiger partial charge in [0.1, 0.15) is 21.8 Å². The molecule has 0 aliphatic carbocycles. The second-order valence-corrected chi connectivity index (χ2v) is 8.58. The number of anilines is 1. The van der Waals surface area contributed by atoms with Gasteiger partial charge in [-0.05, 0) is 37.3 Å². The number of furan rings is 1. The van der Waals surface area contributed by atoms with Crippen molar-refractivity contribution in [3.63, 3.8) is 0 Å². The molecule has 0 saturated carbocycles. The quantitative estimate of drug-likeness (QED) is 0.446. The van der Waals surface area contributed by atoms with Crippen molar-refractivity contribution in [2.24, 2.45) is 0 Å². The fraction of sp³-hybridized carbons (Fsp3) is 0.136. The summed E-state index contributed by atoms with van der Waals surface area (Å²) in [5.41, 5.74) is 0.868. The number of rotatable bonds is 4. The Kier molecular flexibility index (Phi) is 4.98. The summed E-state index contributed by atoms with van der Waals surface area (Å²) in [6.45, 7) is 2.76. The number of sulfonamides is 1. The van der Waals surface area contributed by atoms with Gasteiger partial charge in [0, 0.05) is 23.9 Å². The van der Waals surface area contributed by atoms with Gasteiger partial charge in [0.15, 0.2) is 0 Å². The second kappa shape index (κ2) is 7.51. The van der Waals surface area contributed by atoms with Crippen LogP contribution in [-0.4, -0.2) is 32.4 Å². The van der Waals surface area contributed by atoms with E-state index in [1.165, 1.54) is 37.6 Å². The number of nitrogens with zero attached hydrogens (tertiary/aromatic N) is 2. The van der Waals surface area contributed by atoms with Crippen LogP contribution in [0.1, 0.15) is 23.0 Å². The number of carbonyl (C=O) groups excluding carboxylic acids is 2. The number of aryl methyl sites for hydroxylation is 1. The molecule has 0 bridgehead atoms. The normalized spacial score (nSPS) is 11.6. The number of hydrogen-bond acceptors (Lipinski definition) is 7. The number of ether oxygens (including phenoxy) is 1. The van der Waals surface area contributed by atoms with E-state index in [1.807, 2.05) is 0 Å². The summed E-state index contributed by atoms with van der Waals surface area (Å²) in [6, 6.07) is 12.6. The molecule has 9 heteroatoms. The third-order valence-electron chi connectivity index (χ3n) is 4.87. The summed E-state index contributed by atoms with van der Waals surface area (Å²) in [5.74, 6) is -1.01. The van der Waals surface area contributed by atoms with Crippen molar-refractivity contribution < 1.29 is 27.2 Å². The van der Waals surface area contributed by atoms with Crippen molar-refractivity contribution in [1.29, 1.82) is 0 Å². The molecule has 0 saturated heterocycles. The second-order valence-electron chi connectivity index (χ2n) is 6.83. The molecule has 0 unspecified atom stereocenters. The first-order valence-electron chi connectivity index (χ1n) is 9.27. The molecule has 0 atom stereocenters. The average molecular weight is 438 g/mol. The van der Waals surface area contributed by atoms with Gasteiger partial charge in [-0.15, -0.1) is 0 Å². The smallest absolute Gasteiger partial charge is 0.342 e. The number of para-hydroxylation sites is 1. The fourth-order valence-electron chi connectivity index (χ4n) is 3.56. The predicted octanol–water partition coefficient (Wildman–Crippen LogP) is 3.82. The summed E-state index contributed by atoms with van der Waals surface area (Å²) in [7, 11) is -3.07. The minimum Gasteiger partial charge on any atom is -0.465 e. The lowest BCUT2D eigenvalue weighted by molar-refractivity contribution is -0.115. The SMILES string of the molecule is COC(=O)c1c(C)oc2ccc(N(C(C)=O)S(=O)(=O)c3cccc4cccnc34)cc12. The van der Waals surface area contributed by atoms with Gasteiger partial charge >= 0.3 is 5.97 Å². The van der Waals surface area contributed by atoms with Crippen molar-refractivity contribution in [3.05, 3.63) is 66.1 Å². The van der Waals surface area contributed by atoms with E-state index in [4.69, 9.17) is 9.15 Å². The third-order valence-corrected chi connectivity index (χ3v) is 6.71. The van der Waals surface area contributed by atoms with Crippen molar-refractivity contribution in [1.82, 2.24) is 4.98 Å². The van der Waals surface area contributed by atoms with Gasteiger partial charge in [-0.2, -0.15) is 0 Å². The Balaban J connectivity index is 1.94. The maximum absolute atomic E-state index is 13.6. The van der Waals surface area contributed by atoms with Gasteiger partial charge in [0.05, 0.1) is 18.3 Å². The van der Waals surface area contributed by atoms with E-state index in [1.54, 1.807) is 31.2 Å². The summed E-state index contributed by atoms with van der Waals surface area (Å²) in [4.78, 5) is 28.8. The minimum absolute atomic E-state index is 0.0684. The van der Waals surface area contributed by atoms with Crippen LogP contribution in [0.4, 0.5) is 5.69 Å². The molecule has 4 aromatic rings. The number of fused-ring (bicyclic) bond motifs is 2. The van der Waals surface area contributed by atoms with Crippen LogP contribution in [0.3, 0.4) is 0 Å². The number of hydrogen-bond donors (Lipinski definition) is 0. The number of benzene rings is 2. The van der Waals surface area contributed by atoms with Gasteiger partial charge in [0.2, 0.25) is 5.91 Å². The lowest BCUT2D eigenvalue weighted by Crippen LogP contribution is -2.35. The highest BCUT2D eigenvalue weighted by Crippen LogP contribution is 2.33. The van der Waals surface area contributed by atoms with Gasteiger partial charge in [-0.1, -0.05) is 18.2 Å². The van der Waals surface area contributed by atoms with E-state index < -0.39 is 21.9 Å². The summed E-state index contributed by atoms with van der Waals surface area (Å²) in [5, 5.41) is 0.973. The monoisotopic (exact) mass is 438 g/mol. The van der Waals surface area contributed by atoms with Crippen molar-refractivity contribution in [2.45, 2.75) is 18.7 Å². The van der Waals surface area contributed by atoms with Crippen LogP contribution in [0.5, 0.6) is 0 Å². The van der Waals surface area contributed by atoms with Crippen LogP contribution in [-0.2, 0) is 19.6 Å². The highest BCUT2D eigenvalue weighted by molar-refractivity contribution is 7.93. The number of methoxy groups -OCH3 is 1. The zero-order valence-electron chi connectivity index (χ0n) is 16.9. The van der Waals surface area contributed by atoms with Crippen molar-refractivity contribution in [3.8, 4) is 0 Å². The maximum Gasteiger partial charge on any atom is 0.342 e. The molecule has 31 heavy (non-hydrogen) atoms. The Hall–Kier alpha value is -3.72. The van der Waals surface area contributed by atoms with Crippen LogP contribution in [0, 0.1) is 6.92 Å². The Bertz CT molecular complexity index is 1450. The molecule has 8 nitrogen and oxygen atoms in total. The molecule has 1 amide bonds. The van der Waals surface area contributed by atoms with Crippen LogP contribution in [0.15, 0.2) is 64.0 Å². The van der Waals surface area contributed by atoms with Gasteiger partial charge in [-0.3, -0.25) is 9.78 Å². The predicted molar refractivity (Wildman–Crippen MR) is 114 cm³/mol. The number of aromatic nitrogens is 1. The Morgan fingerprint density at radius 3 is 2.55 bits per heavy atom. The van der Waals surface area contributed by atoms with Crippen LogP contribution in [0.25, 0.3) is 21.9 Å². The summed E-state index contributed by atoms with van der Waals surface area (Å²) >= 11 is 0. The largest absolute Gasteiger partial charge is 0.465 e. The molecule has 0 N–H and O–H groups in total. The summed E-state index contributed by atoms with van der Waals surface area (Å²) in [6.07, 6.45) is 1.49. The molecular weight excluding hydrogens is 420 g/mol. The molecule has 158 valence electrons. The Morgan fingerprint density at radius 2 is 1.84 bits per heavy atom. The number of esters is 1. The third kappa shape index (κ3) is 3.32. The average Bonchev–Trinajstić information content (AvgIpc) is 3.07. The molecular formula is C22H18N2O6S. The molecule has 0 aliphatic rings. The van der Waals surface area contributed by atoms with Gasteiger partial charge < -0.3 is 9.15 Å². The zero-order valence-corrected chi connectivity index (χ0v) is 17.8. The minimum atomic E-state index is -4.31. The van der Waals surface area contributed by atoms with E-state index >= 15 is 0 Å². The molecule has 2 aromatic heterocycles. The maximum atomic E-state index is 13.6. The topological polar surface area (TPSA) is 107 Å². The summed E-state index contributed by atoms with van der Waals surface area (Å²) < 4.78 is 38.2. The first-order valence-corrected chi connectivity index (χ1v) is 10.7. The Labute approximate surface area is 178 Å². The first kappa shape index (κ1) is 20.5. The molecule has 0 radical (unpaired) electrons. The van der Waals surface area contributed by atoms with E-state index in [0.717, 1.165) is 6.92 Å². The van der Waals surface area contributed by atoms with Crippen molar-refractivity contribution in [2.75, 3.05) is 11.4 Å². The highest BCUT2D eigenvalue weighted by Gasteiger charge is 2.31. The molecule has 0 spiro atoms. The van der Waals surface area contributed by atoms with E-state index in [2.05, 4.69) is 4.98 Å². The van der Waals surface area contributed by atoms with Crippen molar-refractivity contribution >= 4 is 49.5 Å². The number of amides is 1. The van der Waals surface area contributed by atoms with Crippen LogP contribution in [0.2, 0.25) is 0 Å². The zero-order chi connectivity index (χ0) is 22.3. The molecule has 2 aromatic carbocycles. The fourth-order valence-corrected chi connectivity index (χ4v) is 5.15. The number of carbonyl (C=O) groups is 2. The van der Waals surface area contributed by atoms with Crippen LogP contribution >= 0.6 is 0 Å². The molecule has 4 rings (SSSR count). The Morgan fingerprint density at radius 1 is 1.10 bits per heavy atom. The van der Waals surface area contributed by atoms with Crippen LogP contribution < -0.4 is 4.31 Å². The van der Waals surface area contributed by atoms with E-state index in [0.29, 0.717) is 26.4 Å². The van der Waals surface area contributed by atoms with E-state index in [-0.39, 0.29) is 21.7 Å². The van der Waals surface area contributed by atoms with Gasteiger partial charge in [0.25, 0.3) is 10.0 Å². The molecule has 0 fully saturated rings. The number of pyridine rings is 1.